The van der Waals surface area contributed by atoms with Crippen molar-refractivity contribution >= 4 is 28.3 Å². The number of anilines is 1. The molecule has 15 heteroatoms. The number of nitrogens with one attached hydrogen (secondary N) is 2. The molecule has 0 unspecified atom stereocenters. The minimum atomic E-state index is -4.81. The first-order chi connectivity index (χ1) is 18.6. The summed E-state index contributed by atoms with van der Waals surface area (Å²) >= 11 is 1.20. The lowest BCUT2D eigenvalue weighted by Gasteiger charge is -2.14. The van der Waals surface area contributed by atoms with E-state index in [0.29, 0.717) is 42.1 Å². The summed E-state index contributed by atoms with van der Waals surface area (Å²) in [6.45, 7) is 0.681. The molecule has 0 saturated carbocycles. The van der Waals surface area contributed by atoms with E-state index in [1.165, 1.54) is 34.7 Å². The summed E-state index contributed by atoms with van der Waals surface area (Å²) in [7, 11) is 0. The Labute approximate surface area is 226 Å². The third-order valence-electron chi connectivity index (χ3n) is 4.99. The number of unbranched alkanes of at least 4 members (excludes halogenated alkanes) is 1. The van der Waals surface area contributed by atoms with Gasteiger partial charge in [0, 0.05) is 25.4 Å². The summed E-state index contributed by atoms with van der Waals surface area (Å²) in [6.07, 6.45) is -0.0125. The fourth-order valence-corrected chi connectivity index (χ4v) is 4.05. The van der Waals surface area contributed by atoms with Crippen molar-refractivity contribution in [1.29, 1.82) is 0 Å². The van der Waals surface area contributed by atoms with Crippen molar-refractivity contribution in [3.63, 3.8) is 0 Å². The molecule has 39 heavy (non-hydrogen) atoms. The maximum absolute atomic E-state index is 12.4. The number of hydrogen-bond donors (Lipinski definition) is 4. The van der Waals surface area contributed by atoms with E-state index < -0.39 is 23.9 Å². The Kier molecular flexibility index (Phi) is 10.6. The number of amides is 2. The van der Waals surface area contributed by atoms with Gasteiger partial charge in [-0.25, -0.2) is 5.84 Å². The highest BCUT2D eigenvalue weighted by molar-refractivity contribution is 7.15. The first-order valence-electron chi connectivity index (χ1n) is 11.7. The molecule has 0 spiro atoms. The van der Waals surface area contributed by atoms with Gasteiger partial charge >= 0.3 is 6.36 Å². The standard InChI is InChI=1S/C24H27F3N8O3S/c25-24(26,27)38-18-8-5-6-16(12-18)13-20(36)32-23-34-33-21(39-23)9-2-4-11-35(29)15-19(28)22(37)31-14-17-7-1-3-10-30-17/h1,3,5-8,10,12,15H,2,4,9,11,13-14,28-29H2,(H,31,37)(H,32,34,36)/b19-15-. The Morgan fingerprint density at radius 2 is 1.95 bits per heavy atom. The molecule has 0 aliphatic heterocycles. The minimum Gasteiger partial charge on any atom is -0.406 e. The fraction of sp³-hybridized carbons (Fsp3) is 0.292. The van der Waals surface area contributed by atoms with Crippen LogP contribution in [0.2, 0.25) is 0 Å². The van der Waals surface area contributed by atoms with Crippen LogP contribution >= 0.6 is 11.3 Å². The van der Waals surface area contributed by atoms with Crippen molar-refractivity contribution in [3.8, 4) is 5.75 Å². The Hall–Kier alpha value is -4.24. The van der Waals surface area contributed by atoms with E-state index in [9.17, 15) is 22.8 Å². The second-order valence-corrected chi connectivity index (χ2v) is 9.27. The van der Waals surface area contributed by atoms with Gasteiger partial charge in [0.05, 0.1) is 18.7 Å². The summed E-state index contributed by atoms with van der Waals surface area (Å²) in [5.74, 6) is 4.60. The van der Waals surface area contributed by atoms with Crippen LogP contribution in [0.3, 0.4) is 0 Å². The molecule has 1 aromatic carbocycles. The van der Waals surface area contributed by atoms with Crippen molar-refractivity contribution in [1.82, 2.24) is 25.5 Å². The summed E-state index contributed by atoms with van der Waals surface area (Å²) in [4.78, 5) is 28.5. The van der Waals surface area contributed by atoms with Crippen molar-refractivity contribution in [2.45, 2.75) is 38.6 Å². The first-order valence-corrected chi connectivity index (χ1v) is 12.5. The molecule has 0 atom stereocenters. The Balaban J connectivity index is 1.36. The lowest BCUT2D eigenvalue weighted by molar-refractivity contribution is -0.274. The molecule has 0 bridgehead atoms. The van der Waals surface area contributed by atoms with E-state index in [1.54, 1.807) is 18.3 Å². The Morgan fingerprint density at radius 1 is 1.13 bits per heavy atom. The molecule has 0 fully saturated rings. The quantitative estimate of drug-likeness (QED) is 0.106. The molecule has 0 radical (unpaired) electrons. The number of benzene rings is 1. The van der Waals surface area contributed by atoms with E-state index in [2.05, 4.69) is 30.6 Å². The lowest BCUT2D eigenvalue weighted by atomic mass is 10.1. The first kappa shape index (κ1) is 29.3. The number of halogens is 3. The van der Waals surface area contributed by atoms with Gasteiger partial charge < -0.3 is 26.1 Å². The molecule has 2 amide bonds. The molecule has 208 valence electrons. The highest BCUT2D eigenvalue weighted by atomic mass is 32.1. The van der Waals surface area contributed by atoms with Gasteiger partial charge in [-0.3, -0.25) is 14.6 Å². The van der Waals surface area contributed by atoms with E-state index in [4.69, 9.17) is 11.6 Å². The van der Waals surface area contributed by atoms with Gasteiger partial charge in [-0.1, -0.05) is 29.5 Å². The average Bonchev–Trinajstić information content (AvgIpc) is 3.31. The molecule has 3 aromatic rings. The maximum Gasteiger partial charge on any atom is 0.573 e. The van der Waals surface area contributed by atoms with Crippen molar-refractivity contribution in [2.24, 2.45) is 11.6 Å². The number of nitrogens with zero attached hydrogens (tertiary/aromatic N) is 4. The SMILES string of the molecule is N/C(=C\N(N)CCCCc1nnc(NC(=O)Cc2cccc(OC(F)(F)F)c2)s1)C(=O)NCc1ccccn1. The molecule has 2 heterocycles. The van der Waals surface area contributed by atoms with Crippen LogP contribution in [0.5, 0.6) is 5.75 Å². The normalized spacial score (nSPS) is 11.6. The number of carbonyl (C=O) groups excluding carboxylic acids is 2. The average molecular weight is 565 g/mol. The minimum absolute atomic E-state index is 0.0301. The van der Waals surface area contributed by atoms with Crippen LogP contribution in [0.1, 0.15) is 29.1 Å². The van der Waals surface area contributed by atoms with Crippen LogP contribution in [-0.2, 0) is 29.0 Å². The van der Waals surface area contributed by atoms with Crippen LogP contribution in [-0.4, -0.2) is 44.9 Å². The molecule has 6 N–H and O–H groups in total. The largest absolute Gasteiger partial charge is 0.573 e. The number of hydrogen-bond acceptors (Lipinski definition) is 10. The number of aromatic nitrogens is 3. The predicted octanol–water partition coefficient (Wildman–Crippen LogP) is 2.63. The summed E-state index contributed by atoms with van der Waals surface area (Å²) in [5.41, 5.74) is 6.83. The number of pyridine rings is 1. The molecule has 3 rings (SSSR count). The van der Waals surface area contributed by atoms with E-state index in [0.717, 1.165) is 12.1 Å². The molecular weight excluding hydrogens is 537 g/mol. The Bertz CT molecular complexity index is 1270. The van der Waals surface area contributed by atoms with Crippen molar-refractivity contribution in [2.75, 3.05) is 11.9 Å². The lowest BCUT2D eigenvalue weighted by Crippen LogP contribution is -2.33. The summed E-state index contributed by atoms with van der Waals surface area (Å²) in [5, 5.41) is 15.5. The van der Waals surface area contributed by atoms with E-state index in [-0.39, 0.29) is 23.8 Å². The number of rotatable bonds is 13. The van der Waals surface area contributed by atoms with Crippen LogP contribution in [0, 0.1) is 0 Å². The zero-order valence-electron chi connectivity index (χ0n) is 20.6. The number of aryl methyl sites for hydroxylation is 1. The van der Waals surface area contributed by atoms with E-state index in [1.807, 2.05) is 6.07 Å². The maximum atomic E-state index is 12.4. The fourth-order valence-electron chi connectivity index (χ4n) is 3.25. The van der Waals surface area contributed by atoms with Crippen LogP contribution in [0.25, 0.3) is 0 Å². The molecule has 2 aromatic heterocycles. The zero-order valence-corrected chi connectivity index (χ0v) is 21.5. The Morgan fingerprint density at radius 3 is 2.69 bits per heavy atom. The monoisotopic (exact) mass is 564 g/mol. The zero-order chi connectivity index (χ0) is 28.3. The summed E-state index contributed by atoms with van der Waals surface area (Å²) < 4.78 is 41.0. The van der Waals surface area contributed by atoms with Gasteiger partial charge in [0.1, 0.15) is 16.5 Å². The highest BCUT2D eigenvalue weighted by Crippen LogP contribution is 2.24. The van der Waals surface area contributed by atoms with Gasteiger partial charge in [-0.15, -0.1) is 23.4 Å². The van der Waals surface area contributed by atoms with Crippen LogP contribution in [0.4, 0.5) is 18.3 Å². The van der Waals surface area contributed by atoms with E-state index >= 15 is 0 Å². The van der Waals surface area contributed by atoms with Crippen molar-refractivity contribution < 1.29 is 27.5 Å². The molecule has 0 saturated heterocycles. The topological polar surface area (TPSA) is 161 Å². The van der Waals surface area contributed by atoms with Gasteiger partial charge in [0.15, 0.2) is 0 Å². The second kappa shape index (κ2) is 14.1. The number of ether oxygens (including phenoxy) is 1. The third kappa shape index (κ3) is 11.0. The molecule has 0 aliphatic carbocycles. The molecule has 11 nitrogen and oxygen atoms in total. The highest BCUT2D eigenvalue weighted by Gasteiger charge is 2.31. The molecular formula is C24H27F3N8O3S. The van der Waals surface area contributed by atoms with Gasteiger partial charge in [0.2, 0.25) is 11.0 Å². The van der Waals surface area contributed by atoms with Gasteiger partial charge in [-0.05, 0) is 42.7 Å². The van der Waals surface area contributed by atoms with Crippen LogP contribution in [0.15, 0.2) is 60.6 Å². The number of carbonyl (C=O) groups is 2. The third-order valence-corrected chi connectivity index (χ3v) is 5.89. The van der Waals surface area contributed by atoms with Gasteiger partial charge in [-0.2, -0.15) is 0 Å². The second-order valence-electron chi connectivity index (χ2n) is 8.20. The number of nitrogens with two attached hydrogens (primary N) is 2. The smallest absolute Gasteiger partial charge is 0.406 e. The van der Waals surface area contributed by atoms with Gasteiger partial charge in [0.25, 0.3) is 5.91 Å². The van der Waals surface area contributed by atoms with Crippen LogP contribution < -0.4 is 26.9 Å². The van der Waals surface area contributed by atoms with Crippen molar-refractivity contribution in [3.05, 3.63) is 76.8 Å². The predicted molar refractivity (Wildman–Crippen MR) is 138 cm³/mol. The number of alkyl halides is 3. The molecule has 0 aliphatic rings. The summed E-state index contributed by atoms with van der Waals surface area (Å²) in [6, 6.07) is 10.6. The number of hydrazine groups is 1.